The first-order valence-corrected chi connectivity index (χ1v) is 7.97. The van der Waals surface area contributed by atoms with Crippen LogP contribution in [-0.4, -0.2) is 28.3 Å². The highest BCUT2D eigenvalue weighted by atomic mass is 32.1. The molecule has 0 aliphatic carbocycles. The zero-order valence-electron chi connectivity index (χ0n) is 14.3. The number of carbonyl (C=O) groups is 2. The molecule has 0 aliphatic heterocycles. The number of hydrogen-bond acceptors (Lipinski definition) is 5. The number of amides is 2. The monoisotopic (exact) mass is 338 g/mol. The summed E-state index contributed by atoms with van der Waals surface area (Å²) in [6.07, 6.45) is -1.55. The number of carbonyl (C=O) groups excluding carboxylic acids is 2. The first kappa shape index (κ1) is 19.0. The Morgan fingerprint density at radius 3 is 1.96 bits per heavy atom. The van der Waals surface area contributed by atoms with Gasteiger partial charge in [-0.2, -0.15) is 11.3 Å². The summed E-state index contributed by atoms with van der Waals surface area (Å²) in [5, 5.41) is 1.67. The Hall–Kier alpha value is -2.07. The number of thiophene rings is 1. The van der Waals surface area contributed by atoms with Crippen LogP contribution in [0.2, 0.25) is 0 Å². The van der Waals surface area contributed by atoms with Crippen LogP contribution in [0.4, 0.5) is 15.3 Å². The van der Waals surface area contributed by atoms with Gasteiger partial charge < -0.3 is 9.47 Å². The maximum atomic E-state index is 12.3. The molecule has 0 N–H and O–H groups in total. The minimum atomic E-state index is -0.774. The molecule has 0 unspecified atom stereocenters. The van der Waals surface area contributed by atoms with E-state index in [1.54, 1.807) is 53.0 Å². The summed E-state index contributed by atoms with van der Waals surface area (Å²) >= 11 is 1.30. The molecule has 0 atom stereocenters. The minimum absolute atomic E-state index is 0.00398. The summed E-state index contributed by atoms with van der Waals surface area (Å²) in [7, 11) is 0. The van der Waals surface area contributed by atoms with E-state index in [2.05, 4.69) is 4.85 Å². The Labute approximate surface area is 140 Å². The Bertz CT molecular complexity index is 589. The first-order chi connectivity index (χ1) is 10.4. The third kappa shape index (κ3) is 6.70. The highest BCUT2D eigenvalue weighted by Crippen LogP contribution is 2.25. The van der Waals surface area contributed by atoms with Crippen LogP contribution in [0.1, 0.15) is 46.4 Å². The lowest BCUT2D eigenvalue weighted by atomic mass is 10.2. The van der Waals surface area contributed by atoms with Crippen molar-refractivity contribution in [1.82, 2.24) is 4.90 Å². The van der Waals surface area contributed by atoms with Gasteiger partial charge in [-0.05, 0) is 53.0 Å². The molecule has 6 nitrogen and oxygen atoms in total. The van der Waals surface area contributed by atoms with Gasteiger partial charge in [0.2, 0.25) is 0 Å². The van der Waals surface area contributed by atoms with E-state index >= 15 is 0 Å². The summed E-state index contributed by atoms with van der Waals surface area (Å²) in [6, 6.07) is 1.64. The molecule has 1 aromatic heterocycles. The molecule has 0 fully saturated rings. The zero-order valence-corrected chi connectivity index (χ0v) is 15.1. The van der Waals surface area contributed by atoms with E-state index < -0.39 is 23.4 Å². The molecule has 23 heavy (non-hydrogen) atoms. The van der Waals surface area contributed by atoms with Crippen LogP contribution in [0.3, 0.4) is 0 Å². The Morgan fingerprint density at radius 2 is 1.61 bits per heavy atom. The number of rotatable bonds is 2. The minimum Gasteiger partial charge on any atom is -0.443 e. The van der Waals surface area contributed by atoms with Gasteiger partial charge in [0.05, 0.1) is 13.1 Å². The van der Waals surface area contributed by atoms with Gasteiger partial charge in [-0.25, -0.2) is 19.3 Å². The Morgan fingerprint density at radius 1 is 1.13 bits per heavy atom. The van der Waals surface area contributed by atoms with E-state index in [-0.39, 0.29) is 6.54 Å². The quantitative estimate of drug-likeness (QED) is 0.714. The normalized spacial score (nSPS) is 11.5. The van der Waals surface area contributed by atoms with Gasteiger partial charge >= 0.3 is 12.2 Å². The lowest BCUT2D eigenvalue weighted by Gasteiger charge is -2.28. The van der Waals surface area contributed by atoms with Crippen molar-refractivity contribution in [3.63, 3.8) is 0 Å². The lowest BCUT2D eigenvalue weighted by molar-refractivity contribution is -0.0000484. The maximum Gasteiger partial charge on any atom is 0.420 e. The molecule has 0 aliphatic rings. The van der Waals surface area contributed by atoms with Gasteiger partial charge in [0.25, 0.3) is 0 Å². The van der Waals surface area contributed by atoms with Gasteiger partial charge in [0.15, 0.2) is 5.69 Å². The Kier molecular flexibility index (Phi) is 5.78. The second-order valence-electron chi connectivity index (χ2n) is 6.93. The molecule has 0 bridgehead atoms. The Balaban J connectivity index is 2.98. The van der Waals surface area contributed by atoms with E-state index in [4.69, 9.17) is 16.0 Å². The van der Waals surface area contributed by atoms with Crippen molar-refractivity contribution >= 4 is 29.2 Å². The van der Waals surface area contributed by atoms with Crippen LogP contribution in [0.25, 0.3) is 4.85 Å². The van der Waals surface area contributed by atoms with Gasteiger partial charge in [0.1, 0.15) is 11.2 Å². The largest absolute Gasteiger partial charge is 0.443 e. The molecule has 126 valence electrons. The topological polar surface area (TPSA) is 60.2 Å². The number of nitrogens with zero attached hydrogens (tertiary/aromatic N) is 2. The second-order valence-corrected chi connectivity index (χ2v) is 7.93. The molecule has 0 radical (unpaired) electrons. The fourth-order valence-corrected chi connectivity index (χ4v) is 2.29. The molecule has 0 saturated carbocycles. The number of hydrogen-bond donors (Lipinski definition) is 0. The third-order valence-electron chi connectivity index (χ3n) is 2.31. The molecule has 1 rings (SSSR count). The van der Waals surface area contributed by atoms with Gasteiger partial charge in [-0.3, -0.25) is 0 Å². The van der Waals surface area contributed by atoms with Gasteiger partial charge in [-0.15, -0.1) is 0 Å². The summed E-state index contributed by atoms with van der Waals surface area (Å²) in [4.78, 5) is 29.6. The van der Waals surface area contributed by atoms with Crippen LogP contribution in [0.5, 0.6) is 0 Å². The fourth-order valence-electron chi connectivity index (χ4n) is 1.50. The summed E-state index contributed by atoms with van der Waals surface area (Å²) in [5.74, 6) is 0. The highest BCUT2D eigenvalue weighted by Gasteiger charge is 2.31. The van der Waals surface area contributed by atoms with Crippen molar-refractivity contribution in [2.24, 2.45) is 0 Å². The zero-order chi connectivity index (χ0) is 17.8. The highest BCUT2D eigenvalue weighted by molar-refractivity contribution is 7.10. The average molecular weight is 338 g/mol. The molecular formula is C16H22N2O4S. The van der Waals surface area contributed by atoms with Crippen molar-refractivity contribution in [2.75, 3.05) is 0 Å². The van der Waals surface area contributed by atoms with Crippen LogP contribution < -0.4 is 0 Å². The van der Waals surface area contributed by atoms with Crippen LogP contribution in [0, 0.1) is 6.57 Å². The predicted molar refractivity (Wildman–Crippen MR) is 88.6 cm³/mol. The fraction of sp³-hybridized carbons (Fsp3) is 0.562. The van der Waals surface area contributed by atoms with E-state index in [9.17, 15) is 9.59 Å². The van der Waals surface area contributed by atoms with Crippen molar-refractivity contribution in [3.8, 4) is 0 Å². The molecule has 1 aromatic rings. The standard InChI is InChI=1S/C16H22N2O4S/c1-15(2,3)21-13(19)18(14(20)22-16(4,5)6)9-12-8-11(17-7)10-23-12/h8,10H,9H2,1-6H3. The SMILES string of the molecule is [C-]#[N+]c1csc(CN(C(=O)OC(C)(C)C)C(=O)OC(C)(C)C)c1. The van der Waals surface area contributed by atoms with Gasteiger partial charge in [-0.1, -0.05) is 0 Å². The first-order valence-electron chi connectivity index (χ1n) is 7.09. The molecule has 0 spiro atoms. The molecule has 2 amide bonds. The maximum absolute atomic E-state index is 12.3. The van der Waals surface area contributed by atoms with Crippen LogP contribution >= 0.6 is 11.3 Å². The number of ether oxygens (including phenoxy) is 2. The summed E-state index contributed by atoms with van der Waals surface area (Å²) in [5.41, 5.74) is -0.985. The summed E-state index contributed by atoms with van der Waals surface area (Å²) in [6.45, 7) is 17.3. The number of imide groups is 1. The summed E-state index contributed by atoms with van der Waals surface area (Å²) < 4.78 is 10.5. The predicted octanol–water partition coefficient (Wildman–Crippen LogP) is 4.97. The average Bonchev–Trinajstić information content (AvgIpc) is 2.79. The molecule has 7 heteroatoms. The molecule has 0 saturated heterocycles. The van der Waals surface area contributed by atoms with Crippen LogP contribution in [-0.2, 0) is 16.0 Å². The van der Waals surface area contributed by atoms with Crippen molar-refractivity contribution < 1.29 is 19.1 Å². The van der Waals surface area contributed by atoms with E-state index in [0.29, 0.717) is 10.6 Å². The second kappa shape index (κ2) is 7.01. The van der Waals surface area contributed by atoms with Crippen molar-refractivity contribution in [3.05, 3.63) is 27.7 Å². The third-order valence-corrected chi connectivity index (χ3v) is 3.22. The van der Waals surface area contributed by atoms with Gasteiger partial charge in [0, 0.05) is 4.88 Å². The van der Waals surface area contributed by atoms with Crippen LogP contribution in [0.15, 0.2) is 11.4 Å². The lowest BCUT2D eigenvalue weighted by Crippen LogP contribution is -2.43. The smallest absolute Gasteiger partial charge is 0.420 e. The van der Waals surface area contributed by atoms with E-state index in [0.717, 1.165) is 4.90 Å². The molecule has 1 heterocycles. The van der Waals surface area contributed by atoms with Crippen molar-refractivity contribution in [2.45, 2.75) is 59.3 Å². The van der Waals surface area contributed by atoms with Crippen molar-refractivity contribution in [1.29, 1.82) is 0 Å². The molecular weight excluding hydrogens is 316 g/mol. The van der Waals surface area contributed by atoms with E-state index in [1.807, 2.05) is 0 Å². The molecule has 0 aromatic carbocycles. The van der Waals surface area contributed by atoms with E-state index in [1.165, 1.54) is 11.3 Å².